The van der Waals surface area contributed by atoms with Crippen molar-refractivity contribution in [2.45, 2.75) is 45.1 Å². The summed E-state index contributed by atoms with van der Waals surface area (Å²) in [5, 5.41) is 0. The van der Waals surface area contributed by atoms with Gasteiger partial charge in [0, 0.05) is 13.1 Å². The summed E-state index contributed by atoms with van der Waals surface area (Å²) in [6, 6.07) is 28.1. The molecule has 5 nitrogen and oxygen atoms in total. The first-order valence-corrected chi connectivity index (χ1v) is 11.5. The number of hydrogen-bond acceptors (Lipinski definition) is 4. The molecule has 4 rings (SSSR count). The fraction of sp³-hybridized carbons (Fsp3) is 0.286. The summed E-state index contributed by atoms with van der Waals surface area (Å²) in [6.45, 7) is 4.90. The van der Waals surface area contributed by atoms with Crippen molar-refractivity contribution >= 4 is 11.9 Å². The van der Waals surface area contributed by atoms with E-state index in [1.165, 1.54) is 0 Å². The predicted molar refractivity (Wildman–Crippen MR) is 128 cm³/mol. The lowest BCUT2D eigenvalue weighted by Crippen LogP contribution is -2.64. The molecular weight excluding hydrogens is 412 g/mol. The number of esters is 1. The third-order valence-corrected chi connectivity index (χ3v) is 6.20. The molecule has 0 saturated carbocycles. The molecule has 0 N–H and O–H groups in total. The van der Waals surface area contributed by atoms with Crippen LogP contribution < -0.4 is 0 Å². The lowest BCUT2D eigenvalue weighted by Gasteiger charge is -2.49. The minimum absolute atomic E-state index is 0.00388. The smallest absolute Gasteiger partial charge is 0.325 e. The number of benzene rings is 3. The molecule has 3 aromatic carbocycles. The van der Waals surface area contributed by atoms with Crippen LogP contribution in [0.5, 0.6) is 0 Å². The molecule has 33 heavy (non-hydrogen) atoms. The van der Waals surface area contributed by atoms with E-state index in [1.807, 2.05) is 115 Å². The highest BCUT2D eigenvalue weighted by atomic mass is 16.5. The average molecular weight is 443 g/mol. The molecule has 5 heteroatoms. The number of piperazine rings is 1. The van der Waals surface area contributed by atoms with Crippen LogP contribution >= 0.6 is 0 Å². The van der Waals surface area contributed by atoms with Crippen molar-refractivity contribution in [3.63, 3.8) is 0 Å². The summed E-state index contributed by atoms with van der Waals surface area (Å²) in [5.41, 5.74) is 3.00. The fourth-order valence-corrected chi connectivity index (χ4v) is 4.60. The molecule has 1 fully saturated rings. The number of hydrogen-bond donors (Lipinski definition) is 0. The van der Waals surface area contributed by atoms with Crippen LogP contribution in [0, 0.1) is 0 Å². The van der Waals surface area contributed by atoms with Crippen LogP contribution in [0.3, 0.4) is 0 Å². The first-order valence-electron chi connectivity index (χ1n) is 11.5. The lowest BCUT2D eigenvalue weighted by atomic mass is 9.90. The summed E-state index contributed by atoms with van der Waals surface area (Å²) in [7, 11) is 0. The molecule has 3 atom stereocenters. The van der Waals surface area contributed by atoms with Gasteiger partial charge in [-0.15, -0.1) is 0 Å². The maximum Gasteiger partial charge on any atom is 0.325 e. The number of carbonyl (C=O) groups excluding carboxylic acids is 2. The molecule has 1 unspecified atom stereocenters. The second-order valence-corrected chi connectivity index (χ2v) is 8.34. The SMILES string of the molecule is CCOC(=O)[C@@H]1[C@H](c2ccccc2)N(Cc2ccccc2)C(=O)C(C)N1Cc1ccccc1. The van der Waals surface area contributed by atoms with E-state index >= 15 is 0 Å². The van der Waals surface area contributed by atoms with Crippen molar-refractivity contribution in [1.29, 1.82) is 0 Å². The summed E-state index contributed by atoms with van der Waals surface area (Å²) in [5.74, 6) is -0.302. The van der Waals surface area contributed by atoms with E-state index in [2.05, 4.69) is 0 Å². The Morgan fingerprint density at radius 2 is 1.33 bits per heavy atom. The molecule has 0 aromatic heterocycles. The normalized spacial score (nSPS) is 21.1. The fourth-order valence-electron chi connectivity index (χ4n) is 4.60. The van der Waals surface area contributed by atoms with E-state index in [0.29, 0.717) is 13.1 Å². The van der Waals surface area contributed by atoms with Gasteiger partial charge in [0.2, 0.25) is 5.91 Å². The molecule has 1 saturated heterocycles. The van der Waals surface area contributed by atoms with Crippen molar-refractivity contribution in [3.8, 4) is 0 Å². The summed E-state index contributed by atoms with van der Waals surface area (Å²) < 4.78 is 5.56. The Kier molecular flexibility index (Phi) is 7.20. The van der Waals surface area contributed by atoms with E-state index in [-0.39, 0.29) is 18.5 Å². The number of nitrogens with zero attached hydrogens (tertiary/aromatic N) is 2. The van der Waals surface area contributed by atoms with Gasteiger partial charge in [-0.1, -0.05) is 91.0 Å². The maximum atomic E-state index is 13.8. The second kappa shape index (κ2) is 10.5. The second-order valence-electron chi connectivity index (χ2n) is 8.34. The van der Waals surface area contributed by atoms with E-state index in [1.54, 1.807) is 0 Å². The molecule has 1 aliphatic rings. The van der Waals surface area contributed by atoms with Gasteiger partial charge in [-0.05, 0) is 30.5 Å². The Morgan fingerprint density at radius 3 is 1.88 bits per heavy atom. The predicted octanol–water partition coefficient (Wildman–Crippen LogP) is 4.59. The number of carbonyl (C=O) groups is 2. The van der Waals surface area contributed by atoms with Gasteiger partial charge >= 0.3 is 5.97 Å². The highest BCUT2D eigenvalue weighted by Gasteiger charge is 2.49. The van der Waals surface area contributed by atoms with Crippen LogP contribution in [0.15, 0.2) is 91.0 Å². The van der Waals surface area contributed by atoms with Crippen molar-refractivity contribution in [1.82, 2.24) is 9.80 Å². The minimum Gasteiger partial charge on any atom is -0.465 e. The Bertz CT molecular complexity index is 1060. The Morgan fingerprint density at radius 1 is 0.818 bits per heavy atom. The van der Waals surface area contributed by atoms with Crippen LogP contribution in [0.2, 0.25) is 0 Å². The van der Waals surface area contributed by atoms with Gasteiger partial charge in [0.15, 0.2) is 0 Å². The summed E-state index contributed by atoms with van der Waals surface area (Å²) >= 11 is 0. The molecule has 0 radical (unpaired) electrons. The first kappa shape index (κ1) is 22.7. The van der Waals surface area contributed by atoms with Gasteiger partial charge in [-0.2, -0.15) is 0 Å². The summed E-state index contributed by atoms with van der Waals surface area (Å²) in [4.78, 5) is 31.0. The monoisotopic (exact) mass is 442 g/mol. The van der Waals surface area contributed by atoms with Gasteiger partial charge < -0.3 is 9.64 Å². The summed E-state index contributed by atoms with van der Waals surface area (Å²) in [6.07, 6.45) is 0. The van der Waals surface area contributed by atoms with Crippen LogP contribution in [0.4, 0.5) is 0 Å². The zero-order valence-corrected chi connectivity index (χ0v) is 19.1. The van der Waals surface area contributed by atoms with Gasteiger partial charge in [-0.3, -0.25) is 14.5 Å². The highest BCUT2D eigenvalue weighted by Crippen LogP contribution is 2.37. The van der Waals surface area contributed by atoms with Crippen molar-refractivity contribution < 1.29 is 14.3 Å². The molecule has 1 heterocycles. The minimum atomic E-state index is -0.621. The third kappa shape index (κ3) is 4.99. The quantitative estimate of drug-likeness (QED) is 0.502. The standard InChI is InChI=1S/C28H30N2O3/c1-3-33-28(32)26-25(24-17-11-6-12-18-24)30(20-23-15-9-5-10-16-23)27(31)21(2)29(26)19-22-13-7-4-8-14-22/h4-18,21,25-26H,3,19-20H2,1-2H3/t21?,25-,26-/m0/s1. The van der Waals surface area contributed by atoms with Crippen LogP contribution in [0.25, 0.3) is 0 Å². The van der Waals surface area contributed by atoms with E-state index in [9.17, 15) is 9.59 Å². The van der Waals surface area contributed by atoms with Gasteiger partial charge in [0.05, 0.1) is 18.7 Å². The molecule has 3 aromatic rings. The lowest BCUT2D eigenvalue weighted by molar-refractivity contribution is -0.168. The van der Waals surface area contributed by atoms with Crippen molar-refractivity contribution in [3.05, 3.63) is 108 Å². The van der Waals surface area contributed by atoms with Gasteiger partial charge in [-0.25, -0.2) is 0 Å². The van der Waals surface area contributed by atoms with E-state index in [4.69, 9.17) is 4.74 Å². The van der Waals surface area contributed by atoms with Crippen LogP contribution in [0.1, 0.15) is 36.6 Å². The van der Waals surface area contributed by atoms with E-state index in [0.717, 1.165) is 16.7 Å². The topological polar surface area (TPSA) is 49.9 Å². The van der Waals surface area contributed by atoms with Crippen LogP contribution in [-0.4, -0.2) is 40.4 Å². The van der Waals surface area contributed by atoms with Crippen molar-refractivity contribution in [2.24, 2.45) is 0 Å². The number of amides is 1. The highest BCUT2D eigenvalue weighted by molar-refractivity contribution is 5.87. The zero-order valence-electron chi connectivity index (χ0n) is 19.1. The largest absolute Gasteiger partial charge is 0.465 e. The molecule has 1 amide bonds. The van der Waals surface area contributed by atoms with Gasteiger partial charge in [0.1, 0.15) is 6.04 Å². The molecule has 170 valence electrons. The van der Waals surface area contributed by atoms with Crippen LogP contribution in [-0.2, 0) is 27.4 Å². The van der Waals surface area contributed by atoms with Gasteiger partial charge in [0.25, 0.3) is 0 Å². The average Bonchev–Trinajstić information content (AvgIpc) is 2.85. The molecule has 0 bridgehead atoms. The van der Waals surface area contributed by atoms with E-state index < -0.39 is 18.1 Å². The Balaban J connectivity index is 1.80. The molecule has 0 spiro atoms. The Labute approximate surface area is 195 Å². The first-order chi connectivity index (χ1) is 16.1. The number of ether oxygens (including phenoxy) is 1. The van der Waals surface area contributed by atoms with Crippen molar-refractivity contribution in [2.75, 3.05) is 6.61 Å². The molecule has 1 aliphatic heterocycles. The zero-order chi connectivity index (χ0) is 23.2. The number of rotatable bonds is 7. The third-order valence-electron chi connectivity index (χ3n) is 6.20. The molecular formula is C28H30N2O3. The Hall–Kier alpha value is -3.44. The molecule has 0 aliphatic carbocycles. The maximum absolute atomic E-state index is 13.8.